The summed E-state index contributed by atoms with van der Waals surface area (Å²) >= 11 is 0. The van der Waals surface area contributed by atoms with Crippen molar-refractivity contribution in [3.8, 4) is 17.2 Å². The molecule has 0 aliphatic heterocycles. The first-order chi connectivity index (χ1) is 14.3. The zero-order valence-electron chi connectivity index (χ0n) is 17.5. The Morgan fingerprint density at radius 2 is 1.67 bits per heavy atom. The fourth-order valence-electron chi connectivity index (χ4n) is 2.79. The van der Waals surface area contributed by atoms with Crippen molar-refractivity contribution in [3.05, 3.63) is 59.4 Å². The van der Waals surface area contributed by atoms with E-state index in [4.69, 9.17) is 4.74 Å². The van der Waals surface area contributed by atoms with E-state index in [0.717, 1.165) is 18.2 Å². The van der Waals surface area contributed by atoms with Crippen LogP contribution in [-0.4, -0.2) is 42.2 Å². The van der Waals surface area contributed by atoms with Gasteiger partial charge in [-0.2, -0.15) is 0 Å². The highest BCUT2D eigenvalue weighted by Gasteiger charge is 2.20. The molecular formula is C22H24F2N2O4. The van der Waals surface area contributed by atoms with Gasteiger partial charge in [0.25, 0.3) is 0 Å². The Balaban J connectivity index is 0.00000155. The van der Waals surface area contributed by atoms with Crippen LogP contribution in [0.15, 0.2) is 36.4 Å². The van der Waals surface area contributed by atoms with Gasteiger partial charge in [-0.25, -0.2) is 18.6 Å². The Hall–Kier alpha value is -3.26. The van der Waals surface area contributed by atoms with Crippen LogP contribution in [0.3, 0.4) is 0 Å². The van der Waals surface area contributed by atoms with E-state index in [-0.39, 0.29) is 22.9 Å². The third kappa shape index (κ3) is 5.21. The van der Waals surface area contributed by atoms with Gasteiger partial charge in [0, 0.05) is 35.5 Å². The molecule has 2 aromatic carbocycles. The number of hydrogen-bond acceptors (Lipinski definition) is 6. The lowest BCUT2D eigenvalue weighted by atomic mass is 10.1. The van der Waals surface area contributed by atoms with Crippen LogP contribution in [0.4, 0.5) is 8.78 Å². The minimum Gasteiger partial charge on any atom is -0.505 e. The Morgan fingerprint density at radius 3 is 2.23 bits per heavy atom. The van der Waals surface area contributed by atoms with E-state index in [9.17, 15) is 18.7 Å². The molecule has 1 aromatic heterocycles. The molecule has 0 radical (unpaired) electrons. The largest absolute Gasteiger partial charge is 0.505 e. The number of carbonyl (C=O) groups is 1. The summed E-state index contributed by atoms with van der Waals surface area (Å²) in [4.78, 5) is 18.1. The van der Waals surface area contributed by atoms with Crippen molar-refractivity contribution in [2.24, 2.45) is 0 Å². The number of methoxy groups -OCH3 is 1. The van der Waals surface area contributed by atoms with Gasteiger partial charge in [0.1, 0.15) is 23.1 Å². The molecule has 0 saturated carbocycles. The molecule has 3 rings (SSSR count). The van der Waals surface area contributed by atoms with Gasteiger partial charge in [0.15, 0.2) is 11.4 Å². The van der Waals surface area contributed by atoms with Gasteiger partial charge in [0.05, 0.1) is 12.8 Å². The average Bonchev–Trinajstić information content (AvgIpc) is 2.70. The van der Waals surface area contributed by atoms with Crippen LogP contribution in [0.25, 0.3) is 10.8 Å². The molecule has 0 aliphatic carbocycles. The number of aromatic hydroxyl groups is 1. The SMILES string of the molecule is CC.COC(=O)c1nc(CN(C)C)c2ccc(Oc3cc(F)cc(F)c3)cc2c1O. The first kappa shape index (κ1) is 23.0. The summed E-state index contributed by atoms with van der Waals surface area (Å²) in [5.41, 5.74) is 0.336. The molecule has 0 atom stereocenters. The quantitative estimate of drug-likeness (QED) is 0.595. The molecule has 0 unspecified atom stereocenters. The van der Waals surface area contributed by atoms with Crippen LogP contribution in [-0.2, 0) is 11.3 Å². The molecule has 0 spiro atoms. The smallest absolute Gasteiger partial charge is 0.360 e. The maximum absolute atomic E-state index is 13.4. The van der Waals surface area contributed by atoms with Crippen molar-refractivity contribution in [2.75, 3.05) is 21.2 Å². The maximum atomic E-state index is 13.4. The van der Waals surface area contributed by atoms with Crippen LogP contribution >= 0.6 is 0 Å². The summed E-state index contributed by atoms with van der Waals surface area (Å²) in [6, 6.07) is 7.53. The molecule has 6 nitrogen and oxygen atoms in total. The first-order valence-corrected chi connectivity index (χ1v) is 9.31. The van der Waals surface area contributed by atoms with E-state index in [2.05, 4.69) is 9.72 Å². The normalized spacial score (nSPS) is 10.5. The Bertz CT molecular complexity index is 1030. The van der Waals surface area contributed by atoms with Gasteiger partial charge in [-0.3, -0.25) is 0 Å². The van der Waals surface area contributed by atoms with Crippen LogP contribution < -0.4 is 4.74 Å². The fourth-order valence-corrected chi connectivity index (χ4v) is 2.79. The standard InChI is InChI=1S/C20H18F2N2O4.C2H6/c1-24(2)10-17-15-5-4-13(28-14-7-11(21)6-12(22)8-14)9-16(15)19(25)18(23-17)20(26)27-3;1-2/h4-9,25H,10H2,1-3H3;1-2H3. The van der Waals surface area contributed by atoms with Gasteiger partial charge in [-0.1, -0.05) is 13.8 Å². The number of benzene rings is 2. The third-order valence-electron chi connectivity index (χ3n) is 3.94. The number of nitrogens with zero attached hydrogens (tertiary/aromatic N) is 2. The van der Waals surface area contributed by atoms with Gasteiger partial charge in [-0.15, -0.1) is 0 Å². The zero-order chi connectivity index (χ0) is 22.4. The van der Waals surface area contributed by atoms with Gasteiger partial charge >= 0.3 is 5.97 Å². The Labute approximate surface area is 173 Å². The average molecular weight is 418 g/mol. The highest BCUT2D eigenvalue weighted by atomic mass is 19.1. The lowest BCUT2D eigenvalue weighted by Gasteiger charge is -2.15. The van der Waals surface area contributed by atoms with E-state index in [1.54, 1.807) is 12.1 Å². The number of aromatic nitrogens is 1. The number of halogens is 2. The summed E-state index contributed by atoms with van der Waals surface area (Å²) < 4.78 is 37.0. The van der Waals surface area contributed by atoms with Crippen LogP contribution in [0.2, 0.25) is 0 Å². The number of ether oxygens (including phenoxy) is 2. The molecule has 8 heteroatoms. The van der Waals surface area contributed by atoms with Crippen LogP contribution in [0, 0.1) is 11.6 Å². The van der Waals surface area contributed by atoms with E-state index in [1.807, 2.05) is 32.8 Å². The Morgan fingerprint density at radius 1 is 1.03 bits per heavy atom. The fraction of sp³-hybridized carbons (Fsp3) is 0.273. The Kier molecular flexibility index (Phi) is 7.66. The van der Waals surface area contributed by atoms with Crippen molar-refractivity contribution in [1.82, 2.24) is 9.88 Å². The molecule has 0 amide bonds. The molecule has 160 valence electrons. The van der Waals surface area contributed by atoms with Gasteiger partial charge < -0.3 is 19.5 Å². The lowest BCUT2D eigenvalue weighted by Crippen LogP contribution is -2.15. The summed E-state index contributed by atoms with van der Waals surface area (Å²) in [5.74, 6) is -2.50. The predicted octanol–water partition coefficient (Wildman–Crippen LogP) is 4.89. The molecule has 0 saturated heterocycles. The summed E-state index contributed by atoms with van der Waals surface area (Å²) in [5, 5.41) is 11.5. The summed E-state index contributed by atoms with van der Waals surface area (Å²) in [7, 11) is 4.87. The molecule has 3 aromatic rings. The molecule has 30 heavy (non-hydrogen) atoms. The minimum atomic E-state index is -0.780. The van der Waals surface area contributed by atoms with Crippen molar-refractivity contribution in [1.29, 1.82) is 0 Å². The number of rotatable bonds is 5. The molecule has 1 heterocycles. The second kappa shape index (κ2) is 9.98. The summed E-state index contributed by atoms with van der Waals surface area (Å²) in [6.45, 7) is 4.41. The third-order valence-corrected chi connectivity index (χ3v) is 3.94. The second-order valence-corrected chi connectivity index (χ2v) is 6.40. The predicted molar refractivity (Wildman–Crippen MR) is 110 cm³/mol. The van der Waals surface area contributed by atoms with Crippen molar-refractivity contribution >= 4 is 16.7 Å². The number of pyridine rings is 1. The van der Waals surface area contributed by atoms with E-state index < -0.39 is 17.6 Å². The molecular weight excluding hydrogens is 394 g/mol. The number of hydrogen-bond donors (Lipinski definition) is 1. The number of carbonyl (C=O) groups excluding carboxylic acids is 1. The topological polar surface area (TPSA) is 71.9 Å². The van der Waals surface area contributed by atoms with Crippen LogP contribution in [0.5, 0.6) is 17.2 Å². The molecule has 0 aliphatic rings. The molecule has 1 N–H and O–H groups in total. The lowest BCUT2D eigenvalue weighted by molar-refractivity contribution is 0.0590. The van der Waals surface area contributed by atoms with Crippen molar-refractivity contribution in [3.63, 3.8) is 0 Å². The van der Waals surface area contributed by atoms with E-state index >= 15 is 0 Å². The highest BCUT2D eigenvalue weighted by Crippen LogP contribution is 2.35. The van der Waals surface area contributed by atoms with Crippen molar-refractivity contribution in [2.45, 2.75) is 20.4 Å². The van der Waals surface area contributed by atoms with Gasteiger partial charge in [0.2, 0.25) is 0 Å². The zero-order valence-corrected chi connectivity index (χ0v) is 17.5. The van der Waals surface area contributed by atoms with E-state index in [1.165, 1.54) is 13.2 Å². The summed E-state index contributed by atoms with van der Waals surface area (Å²) in [6.07, 6.45) is 0. The number of esters is 1. The number of fused-ring (bicyclic) bond motifs is 1. The van der Waals surface area contributed by atoms with Crippen molar-refractivity contribution < 1.29 is 28.2 Å². The van der Waals surface area contributed by atoms with Gasteiger partial charge in [-0.05, 0) is 32.3 Å². The van der Waals surface area contributed by atoms with Crippen LogP contribution in [0.1, 0.15) is 30.0 Å². The van der Waals surface area contributed by atoms with E-state index in [0.29, 0.717) is 23.0 Å². The first-order valence-electron chi connectivity index (χ1n) is 9.31. The minimum absolute atomic E-state index is 0.0351. The molecule has 0 fully saturated rings. The monoisotopic (exact) mass is 418 g/mol. The highest BCUT2D eigenvalue weighted by molar-refractivity contribution is 6.00. The maximum Gasteiger partial charge on any atom is 0.360 e. The second-order valence-electron chi connectivity index (χ2n) is 6.40. The molecule has 0 bridgehead atoms.